The van der Waals surface area contributed by atoms with E-state index in [-0.39, 0.29) is 47.6 Å². The molecule has 0 bridgehead atoms. The average molecular weight is 446 g/mol. The maximum atomic E-state index is 15.7. The molecule has 0 radical (unpaired) electrons. The summed E-state index contributed by atoms with van der Waals surface area (Å²) in [6, 6.07) is -1.16. The van der Waals surface area contributed by atoms with Gasteiger partial charge in [0, 0.05) is 25.6 Å². The summed E-state index contributed by atoms with van der Waals surface area (Å²) in [5.74, 6) is -1.10. The molecule has 172 valence electrons. The van der Waals surface area contributed by atoms with Gasteiger partial charge in [-0.25, -0.2) is 9.18 Å². The van der Waals surface area contributed by atoms with E-state index in [0.29, 0.717) is 0 Å². The lowest BCUT2D eigenvalue weighted by molar-refractivity contribution is -0.146. The quantitative estimate of drug-likeness (QED) is 0.620. The lowest BCUT2D eigenvalue weighted by Crippen LogP contribution is -2.62. The van der Waals surface area contributed by atoms with Crippen LogP contribution in [0.25, 0.3) is 11.3 Å². The van der Waals surface area contributed by atoms with Crippen LogP contribution < -0.4 is 27.6 Å². The van der Waals surface area contributed by atoms with Gasteiger partial charge >= 0.3 is 11.9 Å². The fourth-order valence-corrected chi connectivity index (χ4v) is 5.05. The van der Waals surface area contributed by atoms with E-state index in [9.17, 15) is 22.8 Å². The van der Waals surface area contributed by atoms with Crippen molar-refractivity contribution in [3.05, 3.63) is 31.4 Å². The monoisotopic (exact) mass is 446 g/mol. The van der Waals surface area contributed by atoms with Crippen molar-refractivity contribution in [2.75, 3.05) is 26.7 Å². The third-order valence-corrected chi connectivity index (χ3v) is 6.66. The maximum absolute atomic E-state index is 15.7. The van der Waals surface area contributed by atoms with E-state index >= 15 is 4.39 Å². The van der Waals surface area contributed by atoms with Crippen LogP contribution in [0, 0.1) is 11.8 Å². The number of hydrogen-bond donors (Lipinski definition) is 2. The number of fused-ring (bicyclic) bond motifs is 1. The highest BCUT2D eigenvalue weighted by Gasteiger charge is 2.47. The van der Waals surface area contributed by atoms with Gasteiger partial charge in [-0.15, -0.1) is 0 Å². The Morgan fingerprint density at radius 1 is 1.19 bits per heavy atom. The highest BCUT2D eigenvalue weighted by molar-refractivity contribution is 5.60. The van der Waals surface area contributed by atoms with Gasteiger partial charge < -0.3 is 10.5 Å². The van der Waals surface area contributed by atoms with Gasteiger partial charge in [0.2, 0.25) is 0 Å². The van der Waals surface area contributed by atoms with Crippen LogP contribution in [0.4, 0.5) is 17.6 Å². The highest BCUT2D eigenvalue weighted by atomic mass is 19.4. The number of rotatable bonds is 5. The number of halogens is 4. The molecule has 1 saturated heterocycles. The lowest BCUT2D eigenvalue weighted by atomic mass is 9.93. The van der Waals surface area contributed by atoms with Gasteiger partial charge in [-0.3, -0.25) is 19.2 Å². The van der Waals surface area contributed by atoms with Crippen LogP contribution >= 0.6 is 0 Å². The van der Waals surface area contributed by atoms with Crippen molar-refractivity contribution >= 4 is 11.3 Å². The van der Waals surface area contributed by atoms with E-state index in [0.717, 1.165) is 12.8 Å². The van der Waals surface area contributed by atoms with E-state index in [2.05, 4.69) is 4.98 Å². The van der Waals surface area contributed by atoms with Crippen molar-refractivity contribution in [1.82, 2.24) is 14.5 Å². The molecule has 1 aromatic heterocycles. The van der Waals surface area contributed by atoms with Crippen molar-refractivity contribution in [3.8, 4) is 0 Å². The minimum Gasteiger partial charge on any atom is -0.497 e. The van der Waals surface area contributed by atoms with Crippen molar-refractivity contribution in [3.63, 3.8) is 0 Å². The van der Waals surface area contributed by atoms with Crippen LogP contribution in [-0.2, 0) is 4.74 Å². The molecule has 0 amide bonds. The second kappa shape index (κ2) is 7.77. The van der Waals surface area contributed by atoms with Gasteiger partial charge in [0.25, 0.3) is 5.56 Å². The number of ether oxygens (including phenoxy) is 1. The van der Waals surface area contributed by atoms with Crippen LogP contribution in [0.5, 0.6) is 0 Å². The molecule has 3 aliphatic rings. The lowest BCUT2D eigenvalue weighted by Gasteiger charge is -2.34. The van der Waals surface area contributed by atoms with E-state index in [4.69, 9.17) is 10.5 Å². The van der Waals surface area contributed by atoms with Crippen LogP contribution in [0.1, 0.15) is 32.2 Å². The molecule has 4 atom stereocenters. The van der Waals surface area contributed by atoms with Crippen LogP contribution in [0.3, 0.4) is 0 Å². The molecular weight excluding hydrogens is 420 g/mol. The summed E-state index contributed by atoms with van der Waals surface area (Å²) in [6.07, 6.45) is -5.53. The summed E-state index contributed by atoms with van der Waals surface area (Å²) in [5, 5.41) is 0.298. The molecular formula is C20H26F4N4O3. The van der Waals surface area contributed by atoms with Gasteiger partial charge in [0.15, 0.2) is 0 Å². The Morgan fingerprint density at radius 2 is 1.84 bits per heavy atom. The average Bonchev–Trinajstić information content (AvgIpc) is 3.43. The Morgan fingerprint density at radius 3 is 2.39 bits per heavy atom. The molecule has 7 nitrogen and oxygen atoms in total. The third kappa shape index (κ3) is 3.82. The molecule has 2 fully saturated rings. The first-order chi connectivity index (χ1) is 14.6. The molecule has 3 N–H and O–H groups in total. The number of nitrogens with two attached hydrogens (primary N) is 1. The van der Waals surface area contributed by atoms with Crippen molar-refractivity contribution < 1.29 is 22.3 Å². The number of nitrogens with one attached hydrogen (secondary N) is 1. The number of likely N-dealkylation sites (tertiary alicyclic amines) is 1. The summed E-state index contributed by atoms with van der Waals surface area (Å²) < 4.78 is 61.8. The largest absolute Gasteiger partial charge is 0.497 e. The molecule has 1 saturated carbocycles. The van der Waals surface area contributed by atoms with E-state index in [1.807, 2.05) is 0 Å². The second-order valence-electron chi connectivity index (χ2n) is 8.71. The number of methoxy groups -OCH3 is 1. The third-order valence-electron chi connectivity index (χ3n) is 6.66. The first kappa shape index (κ1) is 22.1. The molecule has 11 heteroatoms. The van der Waals surface area contributed by atoms with Gasteiger partial charge in [-0.05, 0) is 43.7 Å². The van der Waals surface area contributed by atoms with Gasteiger partial charge in [0.05, 0.1) is 17.7 Å². The molecule has 31 heavy (non-hydrogen) atoms. The predicted octanol–water partition coefficient (Wildman–Crippen LogP) is -0.0239. The summed E-state index contributed by atoms with van der Waals surface area (Å²) in [5.41, 5.74) is 4.58. The first-order valence-corrected chi connectivity index (χ1v) is 10.4. The van der Waals surface area contributed by atoms with Crippen molar-refractivity contribution in [1.29, 1.82) is 0 Å². The summed E-state index contributed by atoms with van der Waals surface area (Å²) in [4.78, 5) is 29.0. The molecule has 1 aromatic rings. The summed E-state index contributed by atoms with van der Waals surface area (Å²) >= 11 is 0. The second-order valence-corrected chi connectivity index (χ2v) is 8.71. The van der Waals surface area contributed by atoms with E-state index in [1.54, 1.807) is 4.90 Å². The SMILES string of the molecule is COC1=c2c(c(=O)[nH]c(=O)n2C2CC2)=C(C)C(F)C1N1CC(CN)C(CC(F)(F)F)C1. The van der Waals surface area contributed by atoms with Gasteiger partial charge in [0.1, 0.15) is 18.0 Å². The molecule has 0 aromatic carbocycles. The standard InChI is InChI=1S/C20H26F4N4O3/c1-9-13-15(28(12-3-4-12)19(30)26-18(13)29)17(31-2)16(14(9)21)27-7-10(5-20(22,23)24)11(6-25)8-27/h10-12,14,16H,3-8,25H2,1-2H3,(H,26,29,30). The Hall–Kier alpha value is -2.14. The van der Waals surface area contributed by atoms with Crippen LogP contribution in [0.15, 0.2) is 9.59 Å². The number of nitrogens with zero attached hydrogens (tertiary/aromatic N) is 2. The van der Waals surface area contributed by atoms with E-state index < -0.39 is 47.9 Å². The van der Waals surface area contributed by atoms with E-state index in [1.165, 1.54) is 18.6 Å². The van der Waals surface area contributed by atoms with Gasteiger partial charge in [-0.1, -0.05) is 0 Å². The van der Waals surface area contributed by atoms with Gasteiger partial charge in [-0.2, -0.15) is 13.2 Å². The Bertz CT molecular complexity index is 1110. The zero-order chi connectivity index (χ0) is 22.7. The zero-order valence-electron chi connectivity index (χ0n) is 17.3. The number of hydrogen-bond acceptors (Lipinski definition) is 5. The minimum absolute atomic E-state index is 0.00120. The van der Waals surface area contributed by atoms with Crippen LogP contribution in [-0.4, -0.2) is 59.6 Å². The normalized spacial score (nSPS) is 29.4. The number of H-pyrrole nitrogens is 1. The highest BCUT2D eigenvalue weighted by Crippen LogP contribution is 2.38. The zero-order valence-corrected chi connectivity index (χ0v) is 17.3. The Balaban J connectivity index is 1.87. The topological polar surface area (TPSA) is 93.3 Å². The molecule has 0 spiro atoms. The van der Waals surface area contributed by atoms with Crippen molar-refractivity contribution in [2.45, 2.75) is 50.6 Å². The Labute approximate surface area is 175 Å². The Kier molecular flexibility index (Phi) is 5.53. The molecule has 2 aliphatic carbocycles. The summed E-state index contributed by atoms with van der Waals surface area (Å²) in [7, 11) is 1.33. The number of alkyl halides is 4. The predicted molar refractivity (Wildman–Crippen MR) is 105 cm³/mol. The van der Waals surface area contributed by atoms with Crippen LogP contribution in [0.2, 0.25) is 0 Å². The molecule has 4 unspecified atom stereocenters. The number of aromatic nitrogens is 2. The summed E-state index contributed by atoms with van der Waals surface area (Å²) in [6.45, 7) is 1.70. The first-order valence-electron chi connectivity index (χ1n) is 10.4. The van der Waals surface area contributed by atoms with Crippen molar-refractivity contribution in [2.24, 2.45) is 17.6 Å². The minimum atomic E-state index is -4.35. The molecule has 4 rings (SSSR count). The maximum Gasteiger partial charge on any atom is 0.389 e. The molecule has 2 heterocycles. The number of aromatic amines is 1. The fraction of sp³-hybridized carbons (Fsp3) is 0.700. The smallest absolute Gasteiger partial charge is 0.389 e. The molecule has 1 aliphatic heterocycles. The fourth-order valence-electron chi connectivity index (χ4n) is 5.05.